The van der Waals surface area contributed by atoms with E-state index in [4.69, 9.17) is 5.73 Å². The fourth-order valence-electron chi connectivity index (χ4n) is 2.37. The van der Waals surface area contributed by atoms with Crippen molar-refractivity contribution in [2.45, 2.75) is 19.0 Å². The first-order valence-electron chi connectivity index (χ1n) is 7.13. The van der Waals surface area contributed by atoms with E-state index in [0.29, 0.717) is 0 Å². The zero-order valence-corrected chi connectivity index (χ0v) is 12.4. The number of urea groups is 1. The molecule has 0 aliphatic rings. The van der Waals surface area contributed by atoms with Crippen molar-refractivity contribution in [3.05, 3.63) is 71.8 Å². The van der Waals surface area contributed by atoms with E-state index in [1.807, 2.05) is 72.9 Å². The number of carbonyl (C=O) groups is 2. The Morgan fingerprint density at radius 3 is 1.95 bits per heavy atom. The lowest BCUT2D eigenvalue weighted by Gasteiger charge is -2.19. The minimum Gasteiger partial charge on any atom is -0.351 e. The monoisotopic (exact) mass is 298 g/mol. The van der Waals surface area contributed by atoms with Gasteiger partial charge in [0.1, 0.15) is 6.04 Å². The van der Waals surface area contributed by atoms with Gasteiger partial charge in [-0.15, -0.1) is 0 Å². The summed E-state index contributed by atoms with van der Waals surface area (Å²) < 4.78 is 0. The summed E-state index contributed by atoms with van der Waals surface area (Å²) in [7, 11) is 0. The van der Waals surface area contributed by atoms with Gasteiger partial charge >= 0.3 is 6.03 Å². The van der Waals surface area contributed by atoms with Gasteiger partial charge in [-0.25, -0.2) is 4.79 Å². The number of primary amides is 1. The smallest absolute Gasteiger partial charge is 0.319 e. The predicted molar refractivity (Wildman–Crippen MR) is 83.7 cm³/mol. The molecule has 5 heteroatoms. The molecular formula is C17H20N3O2+. The third kappa shape index (κ3) is 4.17. The summed E-state index contributed by atoms with van der Waals surface area (Å²) in [6.45, 7) is 2.02. The number of hydrogen-bond acceptors (Lipinski definition) is 2. The molecule has 3 amide bonds. The highest BCUT2D eigenvalue weighted by molar-refractivity contribution is 5.96. The second kappa shape index (κ2) is 7.38. The molecule has 5 N–H and O–H groups in total. The molecule has 0 aliphatic carbocycles. The van der Waals surface area contributed by atoms with E-state index in [0.717, 1.165) is 11.1 Å². The Morgan fingerprint density at radius 1 is 0.955 bits per heavy atom. The normalized spacial score (nSPS) is 13.1. The number of carbonyl (C=O) groups excluding carboxylic acids is 2. The Balaban J connectivity index is 2.21. The highest BCUT2D eigenvalue weighted by atomic mass is 16.2. The van der Waals surface area contributed by atoms with E-state index in [2.05, 4.69) is 5.32 Å². The first kappa shape index (κ1) is 15.7. The Hall–Kier alpha value is -2.66. The number of nitrogens with two attached hydrogens (primary N) is 2. The van der Waals surface area contributed by atoms with Crippen molar-refractivity contribution in [1.82, 2.24) is 5.32 Å². The number of rotatable bonds is 5. The lowest BCUT2D eigenvalue weighted by atomic mass is 10.0. The number of amides is 3. The number of quaternary nitrogens is 1. The first-order chi connectivity index (χ1) is 10.6. The van der Waals surface area contributed by atoms with E-state index >= 15 is 0 Å². The summed E-state index contributed by atoms with van der Waals surface area (Å²) in [5.74, 6) is -0.415. The molecule has 0 spiro atoms. The van der Waals surface area contributed by atoms with Crippen LogP contribution in [0.1, 0.15) is 30.1 Å². The maximum absolute atomic E-state index is 12.3. The number of hydrogen-bond donors (Lipinski definition) is 3. The summed E-state index contributed by atoms with van der Waals surface area (Å²) in [5.41, 5.74) is 7.00. The highest BCUT2D eigenvalue weighted by Crippen LogP contribution is 2.13. The molecule has 2 atom stereocenters. The van der Waals surface area contributed by atoms with Crippen LogP contribution in [0, 0.1) is 0 Å². The summed E-state index contributed by atoms with van der Waals surface area (Å²) >= 11 is 0. The molecule has 2 aromatic carbocycles. The van der Waals surface area contributed by atoms with Crippen molar-refractivity contribution < 1.29 is 14.9 Å². The molecule has 0 aliphatic heterocycles. The van der Waals surface area contributed by atoms with Gasteiger partial charge in [0, 0.05) is 11.1 Å². The van der Waals surface area contributed by atoms with Crippen LogP contribution in [0.5, 0.6) is 0 Å². The van der Waals surface area contributed by atoms with E-state index in [9.17, 15) is 9.59 Å². The molecule has 0 fully saturated rings. The van der Waals surface area contributed by atoms with Gasteiger partial charge in [0.05, 0.1) is 0 Å². The Morgan fingerprint density at radius 2 is 1.45 bits per heavy atom. The molecule has 0 saturated heterocycles. The second-order valence-electron chi connectivity index (χ2n) is 5.13. The standard InChI is InChI=1S/C17H19N3O2/c1-12(13-8-4-2-5-9-13)19-15(16(21)20-17(18)22)14-10-6-3-7-11-14/h2-12,15,19H,1H3,(H3,18,20,21,22)/p+1/t12-,15-/m0/s1. The highest BCUT2D eigenvalue weighted by Gasteiger charge is 2.27. The van der Waals surface area contributed by atoms with Crippen molar-refractivity contribution in [2.24, 2.45) is 5.73 Å². The number of imide groups is 1. The van der Waals surface area contributed by atoms with Crippen LogP contribution in [0.2, 0.25) is 0 Å². The number of nitrogens with one attached hydrogen (secondary N) is 1. The lowest BCUT2D eigenvalue weighted by Crippen LogP contribution is -2.88. The molecule has 2 aromatic rings. The minimum absolute atomic E-state index is 0.0602. The average Bonchev–Trinajstić information content (AvgIpc) is 2.53. The van der Waals surface area contributed by atoms with Gasteiger partial charge in [-0.05, 0) is 6.92 Å². The van der Waals surface area contributed by atoms with Gasteiger partial charge < -0.3 is 11.1 Å². The average molecular weight is 298 g/mol. The van der Waals surface area contributed by atoms with Gasteiger partial charge in [0.2, 0.25) is 0 Å². The van der Waals surface area contributed by atoms with Crippen LogP contribution in [0.15, 0.2) is 60.7 Å². The molecule has 2 rings (SSSR count). The van der Waals surface area contributed by atoms with Gasteiger partial charge in [-0.1, -0.05) is 60.7 Å². The van der Waals surface area contributed by atoms with Crippen LogP contribution in [0.25, 0.3) is 0 Å². The third-order valence-corrected chi connectivity index (χ3v) is 3.49. The van der Waals surface area contributed by atoms with E-state index in [1.165, 1.54) is 0 Å². The van der Waals surface area contributed by atoms with Crippen molar-refractivity contribution >= 4 is 11.9 Å². The fraction of sp³-hybridized carbons (Fsp3) is 0.176. The molecule has 5 nitrogen and oxygen atoms in total. The Kier molecular flexibility index (Phi) is 5.27. The van der Waals surface area contributed by atoms with Crippen molar-refractivity contribution in [2.75, 3.05) is 0 Å². The van der Waals surface area contributed by atoms with Crippen molar-refractivity contribution in [3.8, 4) is 0 Å². The molecule has 0 saturated carbocycles. The molecule has 114 valence electrons. The second-order valence-corrected chi connectivity index (χ2v) is 5.13. The zero-order valence-electron chi connectivity index (χ0n) is 12.4. The largest absolute Gasteiger partial charge is 0.351 e. The molecule has 0 radical (unpaired) electrons. The van der Waals surface area contributed by atoms with Crippen LogP contribution in [0.3, 0.4) is 0 Å². The SMILES string of the molecule is C[C@H]([NH2+][C@H](C(=O)NC(N)=O)c1ccccc1)c1ccccc1. The van der Waals surface area contributed by atoms with Gasteiger partial charge in [-0.3, -0.25) is 10.1 Å². The molecular weight excluding hydrogens is 278 g/mol. The zero-order chi connectivity index (χ0) is 15.9. The maximum atomic E-state index is 12.3. The number of benzene rings is 2. The van der Waals surface area contributed by atoms with Crippen LogP contribution in [0.4, 0.5) is 4.79 Å². The predicted octanol–water partition coefficient (Wildman–Crippen LogP) is 1.25. The fourth-order valence-corrected chi connectivity index (χ4v) is 2.37. The van der Waals surface area contributed by atoms with Gasteiger partial charge in [0.15, 0.2) is 6.04 Å². The summed E-state index contributed by atoms with van der Waals surface area (Å²) in [4.78, 5) is 23.3. The Labute approximate surface area is 129 Å². The van der Waals surface area contributed by atoms with Crippen LogP contribution in [-0.2, 0) is 4.79 Å². The molecule has 0 bridgehead atoms. The summed E-state index contributed by atoms with van der Waals surface area (Å²) in [5, 5.41) is 4.09. The van der Waals surface area contributed by atoms with E-state index in [-0.39, 0.29) is 6.04 Å². The van der Waals surface area contributed by atoms with Gasteiger partial charge in [0.25, 0.3) is 5.91 Å². The summed E-state index contributed by atoms with van der Waals surface area (Å²) in [6, 6.07) is 17.9. The Bertz CT molecular complexity index is 629. The first-order valence-corrected chi connectivity index (χ1v) is 7.13. The van der Waals surface area contributed by atoms with Crippen LogP contribution < -0.4 is 16.4 Å². The van der Waals surface area contributed by atoms with Gasteiger partial charge in [-0.2, -0.15) is 0 Å². The maximum Gasteiger partial charge on any atom is 0.319 e. The quantitative estimate of drug-likeness (QED) is 0.775. The minimum atomic E-state index is -0.841. The molecule has 22 heavy (non-hydrogen) atoms. The van der Waals surface area contributed by atoms with Crippen LogP contribution in [-0.4, -0.2) is 11.9 Å². The topological polar surface area (TPSA) is 88.8 Å². The van der Waals surface area contributed by atoms with E-state index < -0.39 is 18.0 Å². The van der Waals surface area contributed by atoms with Crippen molar-refractivity contribution in [1.29, 1.82) is 0 Å². The molecule has 0 unspecified atom stereocenters. The molecule has 0 heterocycles. The summed E-state index contributed by atoms with van der Waals surface area (Å²) in [6.07, 6.45) is 0. The molecule has 0 aromatic heterocycles. The van der Waals surface area contributed by atoms with E-state index in [1.54, 1.807) is 0 Å². The van der Waals surface area contributed by atoms with Crippen LogP contribution >= 0.6 is 0 Å². The van der Waals surface area contributed by atoms with Crippen molar-refractivity contribution in [3.63, 3.8) is 0 Å². The lowest BCUT2D eigenvalue weighted by molar-refractivity contribution is -0.719. The third-order valence-electron chi connectivity index (χ3n) is 3.49.